The highest BCUT2D eigenvalue weighted by molar-refractivity contribution is 6.05. The van der Waals surface area contributed by atoms with E-state index in [4.69, 9.17) is 0 Å². The van der Waals surface area contributed by atoms with Crippen molar-refractivity contribution in [1.29, 1.82) is 0 Å². The van der Waals surface area contributed by atoms with Crippen LogP contribution in [0.1, 0.15) is 10.4 Å². The van der Waals surface area contributed by atoms with Gasteiger partial charge < -0.3 is 15.0 Å². The van der Waals surface area contributed by atoms with Gasteiger partial charge in [-0.2, -0.15) is 8.78 Å². The van der Waals surface area contributed by atoms with Gasteiger partial charge in [0.15, 0.2) is 0 Å². The highest BCUT2D eigenvalue weighted by Crippen LogP contribution is 2.19. The van der Waals surface area contributed by atoms with Crippen molar-refractivity contribution < 1.29 is 18.3 Å². The van der Waals surface area contributed by atoms with Gasteiger partial charge in [0.2, 0.25) is 0 Å². The third kappa shape index (κ3) is 3.03. The average Bonchev–Trinajstić information content (AvgIpc) is 2.96. The highest BCUT2D eigenvalue weighted by atomic mass is 19.3. The largest absolute Gasteiger partial charge is 0.435 e. The Hall–Kier alpha value is -2.96. The van der Waals surface area contributed by atoms with Crippen LogP contribution in [0, 0.1) is 0 Å². The molecule has 0 radical (unpaired) electrons. The molecule has 0 fully saturated rings. The normalized spacial score (nSPS) is 10.9. The predicted molar refractivity (Wildman–Crippen MR) is 77.1 cm³/mol. The van der Waals surface area contributed by atoms with Gasteiger partial charge >= 0.3 is 6.61 Å². The molecule has 1 aromatic heterocycles. The zero-order chi connectivity index (χ0) is 15.5. The van der Waals surface area contributed by atoms with E-state index in [-0.39, 0.29) is 11.7 Å². The molecule has 0 saturated carbocycles. The number of hydrogen-bond acceptors (Lipinski definition) is 3. The van der Waals surface area contributed by atoms with Gasteiger partial charge in [-0.3, -0.25) is 4.79 Å². The van der Waals surface area contributed by atoms with E-state index in [9.17, 15) is 13.6 Å². The Morgan fingerprint density at radius 2 is 1.95 bits per heavy atom. The first kappa shape index (κ1) is 14.0. The van der Waals surface area contributed by atoms with Crippen molar-refractivity contribution in [1.82, 2.24) is 9.97 Å². The lowest BCUT2D eigenvalue weighted by atomic mass is 10.2. The lowest BCUT2D eigenvalue weighted by Gasteiger charge is -2.07. The Morgan fingerprint density at radius 3 is 2.68 bits per heavy atom. The van der Waals surface area contributed by atoms with Crippen LogP contribution < -0.4 is 10.1 Å². The monoisotopic (exact) mass is 303 g/mol. The molecular formula is C15H11F2N3O2. The maximum absolute atomic E-state index is 12.1. The molecule has 0 aliphatic heterocycles. The molecule has 0 aliphatic rings. The number of rotatable bonds is 4. The number of alkyl halides is 2. The van der Waals surface area contributed by atoms with Crippen molar-refractivity contribution in [3.63, 3.8) is 0 Å². The van der Waals surface area contributed by atoms with Gasteiger partial charge in [0, 0.05) is 11.3 Å². The zero-order valence-corrected chi connectivity index (χ0v) is 11.2. The lowest BCUT2D eigenvalue weighted by molar-refractivity contribution is -0.0498. The number of benzene rings is 2. The van der Waals surface area contributed by atoms with E-state index in [1.807, 2.05) is 0 Å². The number of fused-ring (bicyclic) bond motifs is 1. The molecule has 2 aromatic carbocycles. The Bertz CT molecular complexity index is 800. The minimum absolute atomic E-state index is 0.0341. The summed E-state index contributed by atoms with van der Waals surface area (Å²) in [5.41, 5.74) is 2.47. The van der Waals surface area contributed by atoms with Gasteiger partial charge in [-0.05, 0) is 42.5 Å². The Balaban J connectivity index is 1.73. The summed E-state index contributed by atoms with van der Waals surface area (Å²) in [7, 11) is 0. The molecule has 3 aromatic rings. The van der Waals surface area contributed by atoms with E-state index in [2.05, 4.69) is 20.0 Å². The number of aromatic nitrogens is 2. The van der Waals surface area contributed by atoms with Crippen LogP contribution in [0.5, 0.6) is 5.75 Å². The van der Waals surface area contributed by atoms with Gasteiger partial charge in [0.1, 0.15) is 5.75 Å². The number of carbonyl (C=O) groups excluding carboxylic acids is 1. The SMILES string of the molecule is O=C(Nc1ccc(OC(F)F)cc1)c1ccc2nc[nH]c2c1. The van der Waals surface area contributed by atoms with Gasteiger partial charge in [-0.15, -0.1) is 0 Å². The molecule has 0 aliphatic carbocycles. The predicted octanol–water partition coefficient (Wildman–Crippen LogP) is 3.42. The lowest BCUT2D eigenvalue weighted by Crippen LogP contribution is -2.11. The fourth-order valence-electron chi connectivity index (χ4n) is 2.00. The quantitative estimate of drug-likeness (QED) is 0.776. The van der Waals surface area contributed by atoms with E-state index in [0.717, 1.165) is 11.0 Å². The number of halogens is 2. The number of amides is 1. The van der Waals surface area contributed by atoms with E-state index in [1.165, 1.54) is 24.3 Å². The van der Waals surface area contributed by atoms with E-state index < -0.39 is 6.61 Å². The minimum atomic E-state index is -2.87. The minimum Gasteiger partial charge on any atom is -0.435 e. The molecule has 22 heavy (non-hydrogen) atoms. The number of H-pyrrole nitrogens is 1. The topological polar surface area (TPSA) is 67.0 Å². The van der Waals surface area contributed by atoms with Crippen molar-refractivity contribution in [2.24, 2.45) is 0 Å². The third-order valence-corrected chi connectivity index (χ3v) is 3.02. The van der Waals surface area contributed by atoms with E-state index in [0.29, 0.717) is 11.3 Å². The van der Waals surface area contributed by atoms with Crippen molar-refractivity contribution in [3.8, 4) is 5.75 Å². The van der Waals surface area contributed by atoms with Crippen LogP contribution in [0.4, 0.5) is 14.5 Å². The summed E-state index contributed by atoms with van der Waals surface area (Å²) >= 11 is 0. The zero-order valence-electron chi connectivity index (χ0n) is 11.2. The van der Waals surface area contributed by atoms with Crippen molar-refractivity contribution in [2.45, 2.75) is 6.61 Å². The molecule has 0 bridgehead atoms. The number of aromatic amines is 1. The Labute approximate surface area is 123 Å². The number of nitrogens with one attached hydrogen (secondary N) is 2. The van der Waals surface area contributed by atoms with Crippen molar-refractivity contribution in [2.75, 3.05) is 5.32 Å². The maximum Gasteiger partial charge on any atom is 0.387 e. The van der Waals surface area contributed by atoms with Crippen LogP contribution in [-0.4, -0.2) is 22.5 Å². The second-order valence-corrected chi connectivity index (χ2v) is 4.49. The molecule has 0 unspecified atom stereocenters. The number of hydrogen-bond donors (Lipinski definition) is 2. The standard InChI is InChI=1S/C15H11F2N3O2/c16-15(17)22-11-4-2-10(3-5-11)20-14(21)9-1-6-12-13(7-9)19-8-18-12/h1-8,15H,(H,18,19)(H,20,21). The second-order valence-electron chi connectivity index (χ2n) is 4.49. The molecule has 0 spiro atoms. The van der Waals surface area contributed by atoms with Crippen LogP contribution in [0.15, 0.2) is 48.8 Å². The first-order chi connectivity index (χ1) is 10.6. The molecule has 112 valence electrons. The number of imidazole rings is 1. The van der Waals surface area contributed by atoms with Crippen LogP contribution >= 0.6 is 0 Å². The summed E-state index contributed by atoms with van der Waals surface area (Å²) in [6.07, 6.45) is 1.55. The van der Waals surface area contributed by atoms with Gasteiger partial charge in [0.25, 0.3) is 5.91 Å². The molecule has 5 nitrogen and oxygen atoms in total. The number of nitrogens with zero attached hydrogens (tertiary/aromatic N) is 1. The average molecular weight is 303 g/mol. The molecule has 7 heteroatoms. The molecule has 1 heterocycles. The van der Waals surface area contributed by atoms with Gasteiger partial charge in [-0.25, -0.2) is 4.98 Å². The van der Waals surface area contributed by atoms with Gasteiger partial charge in [-0.1, -0.05) is 0 Å². The summed E-state index contributed by atoms with van der Waals surface area (Å²) < 4.78 is 28.3. The molecule has 3 rings (SSSR count). The van der Waals surface area contributed by atoms with Crippen LogP contribution in [0.25, 0.3) is 11.0 Å². The van der Waals surface area contributed by atoms with Gasteiger partial charge in [0.05, 0.1) is 17.4 Å². The van der Waals surface area contributed by atoms with Crippen LogP contribution in [0.2, 0.25) is 0 Å². The maximum atomic E-state index is 12.1. The summed E-state index contributed by atoms with van der Waals surface area (Å²) in [4.78, 5) is 19.1. The summed E-state index contributed by atoms with van der Waals surface area (Å²) in [6, 6.07) is 10.8. The summed E-state index contributed by atoms with van der Waals surface area (Å²) in [6.45, 7) is -2.87. The third-order valence-electron chi connectivity index (χ3n) is 3.02. The van der Waals surface area contributed by atoms with Crippen LogP contribution in [0.3, 0.4) is 0 Å². The second kappa shape index (κ2) is 5.80. The van der Waals surface area contributed by atoms with Crippen molar-refractivity contribution >= 4 is 22.6 Å². The summed E-state index contributed by atoms with van der Waals surface area (Å²) in [5.74, 6) is -0.272. The van der Waals surface area contributed by atoms with E-state index >= 15 is 0 Å². The summed E-state index contributed by atoms with van der Waals surface area (Å²) in [5, 5.41) is 2.68. The Morgan fingerprint density at radius 1 is 1.18 bits per heavy atom. The number of carbonyl (C=O) groups is 1. The van der Waals surface area contributed by atoms with Crippen LogP contribution in [-0.2, 0) is 0 Å². The fraction of sp³-hybridized carbons (Fsp3) is 0.0667. The van der Waals surface area contributed by atoms with E-state index in [1.54, 1.807) is 24.5 Å². The smallest absolute Gasteiger partial charge is 0.387 e. The number of ether oxygens (including phenoxy) is 1. The molecular weight excluding hydrogens is 292 g/mol. The van der Waals surface area contributed by atoms with Crippen molar-refractivity contribution in [3.05, 3.63) is 54.4 Å². The first-order valence-electron chi connectivity index (χ1n) is 6.41. The Kier molecular flexibility index (Phi) is 3.69. The highest BCUT2D eigenvalue weighted by Gasteiger charge is 2.09. The first-order valence-corrected chi connectivity index (χ1v) is 6.41. The number of anilines is 1. The molecule has 0 atom stereocenters. The molecule has 2 N–H and O–H groups in total. The fourth-order valence-corrected chi connectivity index (χ4v) is 2.00. The molecule has 0 saturated heterocycles. The molecule has 1 amide bonds.